The number of fused-ring (bicyclic) bond motifs is 2. The third kappa shape index (κ3) is 3.80. The van der Waals surface area contributed by atoms with Gasteiger partial charge in [-0.1, -0.05) is 23.9 Å². The number of benzene rings is 1. The summed E-state index contributed by atoms with van der Waals surface area (Å²) in [6.45, 7) is 6.76. The number of carbonyl (C=O) groups excluding carboxylic acids is 1. The van der Waals surface area contributed by atoms with Gasteiger partial charge in [-0.25, -0.2) is 9.97 Å². The van der Waals surface area contributed by atoms with E-state index in [1.165, 1.54) is 23.1 Å². The zero-order valence-electron chi connectivity index (χ0n) is 17.4. The molecule has 0 radical (unpaired) electrons. The fraction of sp³-hybridized carbons (Fsp3) is 0.217. The van der Waals surface area contributed by atoms with Gasteiger partial charge in [0.2, 0.25) is 5.91 Å². The van der Waals surface area contributed by atoms with Gasteiger partial charge in [0.1, 0.15) is 4.83 Å². The number of allylic oxidation sites excluding steroid dienone is 1. The Morgan fingerprint density at radius 1 is 1.28 bits per heavy atom. The first-order valence-corrected chi connectivity index (χ1v) is 12.9. The van der Waals surface area contributed by atoms with Crippen molar-refractivity contribution in [1.82, 2.24) is 14.5 Å². The second kappa shape index (κ2) is 8.65. The van der Waals surface area contributed by atoms with Gasteiger partial charge in [-0.2, -0.15) is 0 Å². The average Bonchev–Trinajstić information content (AvgIpc) is 3.53. The summed E-state index contributed by atoms with van der Waals surface area (Å²) in [4.78, 5) is 37.6. The Kier molecular flexibility index (Phi) is 5.71. The first-order chi connectivity index (χ1) is 15.5. The normalized spacial score (nSPS) is 13.0. The van der Waals surface area contributed by atoms with Crippen LogP contribution in [0.5, 0.6) is 0 Å². The maximum absolute atomic E-state index is 13.1. The van der Waals surface area contributed by atoms with Crippen molar-refractivity contribution in [2.45, 2.75) is 25.0 Å². The van der Waals surface area contributed by atoms with Crippen molar-refractivity contribution in [3.63, 3.8) is 0 Å². The molecule has 0 atom stereocenters. The molecule has 4 heterocycles. The smallest absolute Gasteiger partial charge is 0.263 e. The monoisotopic (exact) mass is 480 g/mol. The molecule has 1 aliphatic rings. The highest BCUT2D eigenvalue weighted by Crippen LogP contribution is 2.33. The molecule has 9 heteroatoms. The number of anilines is 1. The predicted octanol–water partition coefficient (Wildman–Crippen LogP) is 4.76. The minimum absolute atomic E-state index is 0.0108. The highest BCUT2D eigenvalue weighted by atomic mass is 32.2. The van der Waals surface area contributed by atoms with Gasteiger partial charge in [-0.15, -0.1) is 29.3 Å². The number of aromatic nitrogens is 3. The molecule has 6 nitrogen and oxygen atoms in total. The summed E-state index contributed by atoms with van der Waals surface area (Å²) < 4.78 is 1.58. The van der Waals surface area contributed by atoms with Gasteiger partial charge in [0, 0.05) is 29.7 Å². The van der Waals surface area contributed by atoms with E-state index in [0.29, 0.717) is 28.5 Å². The largest absolute Gasteiger partial charge is 0.311 e. The predicted molar refractivity (Wildman–Crippen MR) is 133 cm³/mol. The number of carbonyl (C=O) groups is 1. The van der Waals surface area contributed by atoms with E-state index in [1.54, 1.807) is 28.0 Å². The molecule has 1 aromatic carbocycles. The van der Waals surface area contributed by atoms with E-state index < -0.39 is 0 Å². The number of hydrogen-bond donors (Lipinski definition) is 0. The summed E-state index contributed by atoms with van der Waals surface area (Å²) in [7, 11) is 0. The van der Waals surface area contributed by atoms with E-state index in [4.69, 9.17) is 0 Å². The van der Waals surface area contributed by atoms with Crippen molar-refractivity contribution in [2.24, 2.45) is 0 Å². The van der Waals surface area contributed by atoms with E-state index in [1.807, 2.05) is 29.3 Å². The van der Waals surface area contributed by atoms with Crippen molar-refractivity contribution in [3.05, 3.63) is 68.6 Å². The molecule has 0 unspecified atom stereocenters. The first kappa shape index (κ1) is 21.1. The molecule has 32 heavy (non-hydrogen) atoms. The number of thiazole rings is 1. The molecule has 0 N–H and O–H groups in total. The van der Waals surface area contributed by atoms with E-state index in [-0.39, 0.29) is 17.2 Å². The average molecular weight is 481 g/mol. The Bertz CT molecular complexity index is 1400. The van der Waals surface area contributed by atoms with E-state index in [0.717, 1.165) is 33.9 Å². The van der Waals surface area contributed by atoms with Crippen molar-refractivity contribution >= 4 is 56.2 Å². The fourth-order valence-corrected chi connectivity index (χ4v) is 6.16. The minimum atomic E-state index is -0.0950. The first-order valence-electron chi connectivity index (χ1n) is 10.1. The molecule has 0 saturated carbocycles. The summed E-state index contributed by atoms with van der Waals surface area (Å²) in [5.74, 6) is 0.226. The molecule has 3 aromatic heterocycles. The van der Waals surface area contributed by atoms with Crippen molar-refractivity contribution in [1.29, 1.82) is 0 Å². The molecule has 0 aliphatic carbocycles. The summed E-state index contributed by atoms with van der Waals surface area (Å²) in [5, 5.41) is 6.11. The topological polar surface area (TPSA) is 68.1 Å². The van der Waals surface area contributed by atoms with E-state index in [2.05, 4.69) is 28.0 Å². The molecule has 1 aliphatic heterocycles. The summed E-state index contributed by atoms with van der Waals surface area (Å²) >= 11 is 4.37. The van der Waals surface area contributed by atoms with Crippen molar-refractivity contribution in [3.8, 4) is 11.3 Å². The standard InChI is InChI=1S/C23H20N4O2S3/c1-3-8-27-22(29)17-7-10-30-21(17)25-23(27)32-13-20(28)26-9-6-16-11-15(4-5-19(16)26)18-12-31-14(2)24-18/h3-5,7,10-12H,1,6,8-9,13H2,2H3. The van der Waals surface area contributed by atoms with Gasteiger partial charge >= 0.3 is 0 Å². The molecule has 0 bridgehead atoms. The SMILES string of the molecule is C=CCn1c(SCC(=O)N2CCc3cc(-c4csc(C)n4)ccc32)nc2sccc2c1=O. The third-order valence-electron chi connectivity index (χ3n) is 5.38. The number of thioether (sulfide) groups is 1. The van der Waals surface area contributed by atoms with Crippen LogP contribution in [0.4, 0.5) is 5.69 Å². The quantitative estimate of drug-likeness (QED) is 0.226. The maximum atomic E-state index is 13.1. The van der Waals surface area contributed by atoms with Crippen LogP contribution in [0.15, 0.2) is 57.6 Å². The molecule has 1 amide bonds. The van der Waals surface area contributed by atoms with Crippen molar-refractivity contribution < 1.29 is 4.79 Å². The third-order valence-corrected chi connectivity index (χ3v) is 7.92. The lowest BCUT2D eigenvalue weighted by Gasteiger charge is -2.18. The Morgan fingerprint density at radius 3 is 2.94 bits per heavy atom. The van der Waals surface area contributed by atoms with Gasteiger partial charge in [-0.05, 0) is 42.5 Å². The molecule has 162 valence electrons. The Labute approximate surface area is 197 Å². The molecule has 4 aromatic rings. The minimum Gasteiger partial charge on any atom is -0.311 e. The van der Waals surface area contributed by atoms with Crippen LogP contribution < -0.4 is 10.5 Å². The fourth-order valence-electron chi connectivity index (χ4n) is 3.85. The van der Waals surface area contributed by atoms with Crippen LogP contribution in [-0.4, -0.2) is 32.7 Å². The van der Waals surface area contributed by atoms with Crippen LogP contribution in [0.25, 0.3) is 21.5 Å². The lowest BCUT2D eigenvalue weighted by Crippen LogP contribution is -2.31. The maximum Gasteiger partial charge on any atom is 0.263 e. The molecule has 0 spiro atoms. The number of thiophene rings is 1. The molecule has 0 saturated heterocycles. The highest BCUT2D eigenvalue weighted by Gasteiger charge is 2.26. The Hall–Kier alpha value is -2.75. The van der Waals surface area contributed by atoms with E-state index in [9.17, 15) is 9.59 Å². The number of nitrogens with zero attached hydrogens (tertiary/aromatic N) is 4. The zero-order valence-corrected chi connectivity index (χ0v) is 19.9. The van der Waals surface area contributed by atoms with E-state index >= 15 is 0 Å². The van der Waals surface area contributed by atoms with Crippen LogP contribution in [0, 0.1) is 6.92 Å². The van der Waals surface area contributed by atoms with Gasteiger partial charge < -0.3 is 4.90 Å². The van der Waals surface area contributed by atoms with Gasteiger partial charge in [-0.3, -0.25) is 14.2 Å². The highest BCUT2D eigenvalue weighted by molar-refractivity contribution is 7.99. The van der Waals surface area contributed by atoms with Crippen LogP contribution in [0.2, 0.25) is 0 Å². The lowest BCUT2D eigenvalue weighted by atomic mass is 10.1. The lowest BCUT2D eigenvalue weighted by molar-refractivity contribution is -0.116. The van der Waals surface area contributed by atoms with Gasteiger partial charge in [0.25, 0.3) is 5.56 Å². The molecule has 0 fully saturated rings. The molecular weight excluding hydrogens is 460 g/mol. The zero-order chi connectivity index (χ0) is 22.2. The molecule has 5 rings (SSSR count). The summed E-state index contributed by atoms with van der Waals surface area (Å²) in [5.41, 5.74) is 4.08. The number of rotatable bonds is 6. The van der Waals surface area contributed by atoms with Gasteiger partial charge in [0.05, 0.1) is 21.8 Å². The van der Waals surface area contributed by atoms with Crippen LogP contribution >= 0.6 is 34.4 Å². The molecular formula is C23H20N4O2S3. The van der Waals surface area contributed by atoms with Crippen LogP contribution in [0.1, 0.15) is 10.6 Å². The van der Waals surface area contributed by atoms with Crippen LogP contribution in [0.3, 0.4) is 0 Å². The number of hydrogen-bond acceptors (Lipinski definition) is 7. The Balaban J connectivity index is 1.36. The van der Waals surface area contributed by atoms with Gasteiger partial charge in [0.15, 0.2) is 5.16 Å². The van der Waals surface area contributed by atoms with Crippen molar-refractivity contribution in [2.75, 3.05) is 17.2 Å². The summed E-state index contributed by atoms with van der Waals surface area (Å²) in [6.07, 6.45) is 2.49. The second-order valence-corrected chi connectivity index (χ2v) is 10.3. The second-order valence-electron chi connectivity index (χ2n) is 7.42. The number of amides is 1. The Morgan fingerprint density at radius 2 is 2.16 bits per heavy atom. The number of aryl methyl sites for hydroxylation is 1. The van der Waals surface area contributed by atoms with Crippen LogP contribution in [-0.2, 0) is 17.8 Å². The summed E-state index contributed by atoms with van der Waals surface area (Å²) in [6, 6.07) is 7.97.